The van der Waals surface area contributed by atoms with Crippen LogP contribution < -0.4 is 10.1 Å². The predicted molar refractivity (Wildman–Crippen MR) is 113 cm³/mol. The van der Waals surface area contributed by atoms with Crippen molar-refractivity contribution >= 4 is 22.7 Å². The number of amides is 1. The van der Waals surface area contributed by atoms with Gasteiger partial charge in [0.25, 0.3) is 0 Å². The molecule has 2 aromatic rings. The number of nitrogens with one attached hydrogen (secondary N) is 2. The molecule has 1 aliphatic heterocycles. The highest BCUT2D eigenvalue weighted by molar-refractivity contribution is 6.00. The van der Waals surface area contributed by atoms with Crippen LogP contribution in [0.1, 0.15) is 40.0 Å². The number of alkyl halides is 3. The molecule has 0 bridgehead atoms. The predicted octanol–water partition coefficient (Wildman–Crippen LogP) is 5.56. The Kier molecular flexibility index (Phi) is 7.03. The zero-order valence-corrected chi connectivity index (χ0v) is 18.1. The fraction of sp³-hybridized carbons (Fsp3) is 0.591. The SMILES string of the molecule is CC(C)(C)OC(=O)Nc1c[nH]c2ccc(OCCC3CCN(CC(F)(F)F)CC3)cc12. The summed E-state index contributed by atoms with van der Waals surface area (Å²) in [6.07, 6.45) is -0.664. The zero-order chi connectivity index (χ0) is 22.6. The van der Waals surface area contributed by atoms with Crippen molar-refractivity contribution in [2.45, 2.75) is 51.8 Å². The molecule has 172 valence electrons. The Labute approximate surface area is 180 Å². The van der Waals surface area contributed by atoms with Gasteiger partial charge in [-0.15, -0.1) is 0 Å². The number of fused-ring (bicyclic) bond motifs is 1. The first-order valence-electron chi connectivity index (χ1n) is 10.5. The number of halogens is 3. The summed E-state index contributed by atoms with van der Waals surface area (Å²) in [5.74, 6) is 1.04. The Balaban J connectivity index is 1.49. The van der Waals surface area contributed by atoms with E-state index in [4.69, 9.17) is 9.47 Å². The van der Waals surface area contributed by atoms with Crippen LogP contribution in [0, 0.1) is 5.92 Å². The summed E-state index contributed by atoms with van der Waals surface area (Å²) in [6, 6.07) is 5.58. The van der Waals surface area contributed by atoms with E-state index in [0.717, 1.165) is 30.2 Å². The third kappa shape index (κ3) is 7.34. The number of H-pyrrole nitrogens is 1. The summed E-state index contributed by atoms with van der Waals surface area (Å²) in [5.41, 5.74) is 0.870. The van der Waals surface area contributed by atoms with Gasteiger partial charge in [0.15, 0.2) is 0 Å². The molecule has 3 rings (SSSR count). The van der Waals surface area contributed by atoms with Crippen LogP contribution in [0.25, 0.3) is 10.9 Å². The lowest BCUT2D eigenvalue weighted by atomic mass is 9.94. The first-order chi connectivity index (χ1) is 14.5. The van der Waals surface area contributed by atoms with Crippen molar-refractivity contribution < 1.29 is 27.4 Å². The quantitative estimate of drug-likeness (QED) is 0.616. The van der Waals surface area contributed by atoms with Gasteiger partial charge in [0.1, 0.15) is 11.4 Å². The number of hydrogen-bond donors (Lipinski definition) is 2. The molecule has 0 unspecified atom stereocenters. The minimum absolute atomic E-state index is 0.366. The van der Waals surface area contributed by atoms with Crippen LogP contribution >= 0.6 is 0 Å². The summed E-state index contributed by atoms with van der Waals surface area (Å²) in [6.45, 7) is 6.01. The molecule has 1 saturated heterocycles. The van der Waals surface area contributed by atoms with Crippen molar-refractivity contribution in [2.75, 3.05) is 31.6 Å². The lowest BCUT2D eigenvalue weighted by Crippen LogP contribution is -2.40. The van der Waals surface area contributed by atoms with Crippen LogP contribution in [-0.4, -0.2) is 54.0 Å². The lowest BCUT2D eigenvalue weighted by Gasteiger charge is -2.32. The molecule has 0 spiro atoms. The van der Waals surface area contributed by atoms with Crippen LogP contribution in [0.3, 0.4) is 0 Å². The minimum atomic E-state index is -4.13. The molecule has 0 saturated carbocycles. The van der Waals surface area contributed by atoms with Crippen molar-refractivity contribution in [3.8, 4) is 5.75 Å². The number of carbonyl (C=O) groups is 1. The summed E-state index contributed by atoms with van der Waals surface area (Å²) in [7, 11) is 0. The van der Waals surface area contributed by atoms with Gasteiger partial charge in [-0.25, -0.2) is 4.79 Å². The Bertz CT molecular complexity index is 881. The van der Waals surface area contributed by atoms with E-state index in [2.05, 4.69) is 10.3 Å². The fourth-order valence-electron chi connectivity index (χ4n) is 3.74. The Morgan fingerprint density at radius 1 is 1.23 bits per heavy atom. The van der Waals surface area contributed by atoms with Crippen molar-refractivity contribution in [3.63, 3.8) is 0 Å². The minimum Gasteiger partial charge on any atom is -0.494 e. The Hall–Kier alpha value is -2.42. The summed E-state index contributed by atoms with van der Waals surface area (Å²) in [4.78, 5) is 16.6. The van der Waals surface area contributed by atoms with Gasteiger partial charge in [-0.1, -0.05) is 0 Å². The molecule has 0 aliphatic carbocycles. The number of hydrogen-bond acceptors (Lipinski definition) is 4. The highest BCUT2D eigenvalue weighted by atomic mass is 19.4. The summed E-state index contributed by atoms with van der Waals surface area (Å²) < 4.78 is 48.7. The van der Waals surface area contributed by atoms with Crippen LogP contribution in [0.4, 0.5) is 23.7 Å². The number of piperidine rings is 1. The smallest absolute Gasteiger partial charge is 0.412 e. The third-order valence-corrected chi connectivity index (χ3v) is 5.19. The van der Waals surface area contributed by atoms with Crippen molar-refractivity contribution in [1.82, 2.24) is 9.88 Å². The number of carbonyl (C=O) groups excluding carboxylic acids is 1. The average molecular weight is 441 g/mol. The van der Waals surface area contributed by atoms with Gasteiger partial charge in [0, 0.05) is 17.1 Å². The van der Waals surface area contributed by atoms with E-state index in [1.807, 2.05) is 18.2 Å². The molecule has 0 radical (unpaired) electrons. The van der Waals surface area contributed by atoms with Gasteiger partial charge in [-0.05, 0) is 77.2 Å². The maximum absolute atomic E-state index is 12.5. The van der Waals surface area contributed by atoms with E-state index < -0.39 is 24.4 Å². The molecule has 2 N–H and O–H groups in total. The molecule has 1 amide bonds. The molecular weight excluding hydrogens is 411 g/mol. The van der Waals surface area contributed by atoms with Crippen molar-refractivity contribution in [3.05, 3.63) is 24.4 Å². The van der Waals surface area contributed by atoms with Crippen molar-refractivity contribution in [2.24, 2.45) is 5.92 Å². The number of aromatic amines is 1. The second-order valence-corrected chi connectivity index (χ2v) is 9.01. The molecule has 1 aliphatic rings. The molecule has 0 atom stereocenters. The number of aromatic nitrogens is 1. The first-order valence-corrected chi connectivity index (χ1v) is 10.5. The van der Waals surface area contributed by atoms with Gasteiger partial charge in [0.05, 0.1) is 18.8 Å². The average Bonchev–Trinajstić information content (AvgIpc) is 3.02. The van der Waals surface area contributed by atoms with Gasteiger partial charge >= 0.3 is 12.3 Å². The number of likely N-dealkylation sites (tertiary alicyclic amines) is 1. The Morgan fingerprint density at radius 3 is 2.58 bits per heavy atom. The van der Waals surface area contributed by atoms with Gasteiger partial charge < -0.3 is 14.5 Å². The third-order valence-electron chi connectivity index (χ3n) is 5.19. The summed E-state index contributed by atoms with van der Waals surface area (Å²) in [5, 5.41) is 3.55. The van der Waals surface area contributed by atoms with E-state index >= 15 is 0 Å². The van der Waals surface area contributed by atoms with Gasteiger partial charge in [0.2, 0.25) is 0 Å². The van der Waals surface area contributed by atoms with Crippen LogP contribution in [-0.2, 0) is 4.74 Å². The molecular formula is C22H30F3N3O3. The second kappa shape index (κ2) is 9.38. The van der Waals surface area contributed by atoms with Crippen molar-refractivity contribution in [1.29, 1.82) is 0 Å². The molecule has 9 heteroatoms. The summed E-state index contributed by atoms with van der Waals surface area (Å²) >= 11 is 0. The van der Waals surface area contributed by atoms with Crippen LogP contribution in [0.15, 0.2) is 24.4 Å². The molecule has 6 nitrogen and oxygen atoms in total. The molecule has 1 aromatic carbocycles. The van der Waals surface area contributed by atoms with E-state index in [1.54, 1.807) is 27.0 Å². The van der Waals surface area contributed by atoms with Crippen LogP contribution in [0.2, 0.25) is 0 Å². The fourth-order valence-corrected chi connectivity index (χ4v) is 3.74. The zero-order valence-electron chi connectivity index (χ0n) is 18.1. The lowest BCUT2D eigenvalue weighted by molar-refractivity contribution is -0.148. The topological polar surface area (TPSA) is 66.6 Å². The maximum atomic E-state index is 12.5. The first kappa shape index (κ1) is 23.2. The normalized spacial score (nSPS) is 16.5. The number of anilines is 1. The largest absolute Gasteiger partial charge is 0.494 e. The monoisotopic (exact) mass is 441 g/mol. The highest BCUT2D eigenvalue weighted by Gasteiger charge is 2.32. The highest BCUT2D eigenvalue weighted by Crippen LogP contribution is 2.29. The molecule has 1 fully saturated rings. The van der Waals surface area contributed by atoms with E-state index in [-0.39, 0.29) is 0 Å². The molecule has 1 aromatic heterocycles. The molecule has 2 heterocycles. The van der Waals surface area contributed by atoms with Crippen LogP contribution in [0.5, 0.6) is 5.75 Å². The number of nitrogens with zero attached hydrogens (tertiary/aromatic N) is 1. The van der Waals surface area contributed by atoms with Gasteiger partial charge in [-0.2, -0.15) is 13.2 Å². The maximum Gasteiger partial charge on any atom is 0.412 e. The number of benzene rings is 1. The van der Waals surface area contributed by atoms with E-state index in [9.17, 15) is 18.0 Å². The van der Waals surface area contributed by atoms with E-state index in [0.29, 0.717) is 37.1 Å². The second-order valence-electron chi connectivity index (χ2n) is 9.01. The standard InChI is InChI=1S/C22H30F3N3O3/c1-21(2,3)31-20(29)27-19-13-26-18-5-4-16(12-17(18)19)30-11-8-15-6-9-28(10-7-15)14-22(23,24)25/h4-5,12-13,15,26H,6-11,14H2,1-3H3,(H,27,29). The number of ether oxygens (including phenoxy) is 2. The number of rotatable bonds is 6. The van der Waals surface area contributed by atoms with Gasteiger partial charge in [-0.3, -0.25) is 10.2 Å². The Morgan fingerprint density at radius 2 is 1.94 bits per heavy atom. The molecule has 31 heavy (non-hydrogen) atoms. The van der Waals surface area contributed by atoms with E-state index in [1.165, 1.54) is 4.90 Å².